The maximum Gasteiger partial charge on any atom is 0.338 e. The lowest BCUT2D eigenvalue weighted by Crippen LogP contribution is -2.05. The zero-order valence-corrected chi connectivity index (χ0v) is 18.8. The smallest absolute Gasteiger partial charge is 0.338 e. The molecule has 0 fully saturated rings. The van der Waals surface area contributed by atoms with Crippen LogP contribution >= 0.6 is 11.8 Å². The number of hydrogen-bond donors (Lipinski definition) is 0. The molecule has 1 heterocycles. The molecule has 0 aliphatic heterocycles. The zero-order valence-electron chi connectivity index (χ0n) is 18.0. The predicted molar refractivity (Wildman–Crippen MR) is 129 cm³/mol. The monoisotopic (exact) mass is 470 g/mol. The van der Waals surface area contributed by atoms with Crippen molar-refractivity contribution in [2.24, 2.45) is 0 Å². The number of esters is 1. The highest BCUT2D eigenvalue weighted by atomic mass is 32.2. The lowest BCUT2D eigenvalue weighted by molar-refractivity contribution is 0.0472. The van der Waals surface area contributed by atoms with Crippen molar-refractivity contribution in [1.82, 2.24) is 10.2 Å². The van der Waals surface area contributed by atoms with Crippen molar-refractivity contribution >= 4 is 28.5 Å². The number of thioether (sulfide) groups is 1. The predicted octanol–water partition coefficient (Wildman–Crippen LogP) is 6.68. The summed E-state index contributed by atoms with van der Waals surface area (Å²) in [6, 6.07) is 27.1. The molecule has 5 nitrogen and oxygen atoms in total. The van der Waals surface area contributed by atoms with Crippen molar-refractivity contribution in [2.75, 3.05) is 0 Å². The summed E-state index contributed by atoms with van der Waals surface area (Å²) < 4.78 is 24.2. The molecular formula is C27H19FN2O3S. The second-order valence-electron chi connectivity index (χ2n) is 7.59. The molecule has 0 aliphatic rings. The van der Waals surface area contributed by atoms with Crippen LogP contribution < -0.4 is 0 Å². The van der Waals surface area contributed by atoms with E-state index in [9.17, 15) is 9.18 Å². The normalized spacial score (nSPS) is 11.0. The van der Waals surface area contributed by atoms with Crippen LogP contribution in [0.4, 0.5) is 4.39 Å². The SMILES string of the molecule is O=C(OCc1ccc(CSc2nnc(-c3cccc4ccccc34)o2)cc1)c1ccc(F)cc1. The van der Waals surface area contributed by atoms with Gasteiger partial charge >= 0.3 is 5.97 Å². The largest absolute Gasteiger partial charge is 0.457 e. The van der Waals surface area contributed by atoms with Gasteiger partial charge in [-0.05, 0) is 52.2 Å². The van der Waals surface area contributed by atoms with Gasteiger partial charge in [0.25, 0.3) is 5.22 Å². The van der Waals surface area contributed by atoms with E-state index in [4.69, 9.17) is 9.15 Å². The van der Waals surface area contributed by atoms with Crippen molar-refractivity contribution < 1.29 is 18.3 Å². The highest BCUT2D eigenvalue weighted by Gasteiger charge is 2.12. The van der Waals surface area contributed by atoms with E-state index >= 15 is 0 Å². The van der Waals surface area contributed by atoms with E-state index < -0.39 is 11.8 Å². The molecule has 0 spiro atoms. The molecule has 168 valence electrons. The molecule has 1 aromatic heterocycles. The lowest BCUT2D eigenvalue weighted by Gasteiger charge is -2.06. The molecule has 0 saturated carbocycles. The molecule has 7 heteroatoms. The minimum absolute atomic E-state index is 0.141. The van der Waals surface area contributed by atoms with E-state index in [1.807, 2.05) is 54.6 Å². The summed E-state index contributed by atoms with van der Waals surface area (Å²) in [4.78, 5) is 12.1. The molecule has 0 N–H and O–H groups in total. The van der Waals surface area contributed by atoms with Gasteiger partial charge in [0.1, 0.15) is 12.4 Å². The van der Waals surface area contributed by atoms with Gasteiger partial charge in [0.05, 0.1) is 5.56 Å². The third-order valence-electron chi connectivity index (χ3n) is 5.26. The standard InChI is InChI=1S/C27H19FN2O3S/c28-22-14-12-21(13-15-22)26(31)32-16-18-8-10-19(11-9-18)17-34-27-30-29-25(33-27)24-7-3-5-20-4-1-2-6-23(20)24/h1-15H,16-17H2. The summed E-state index contributed by atoms with van der Waals surface area (Å²) in [7, 11) is 0. The van der Waals surface area contributed by atoms with Gasteiger partial charge in [0, 0.05) is 11.3 Å². The summed E-state index contributed by atoms with van der Waals surface area (Å²) >= 11 is 1.46. The molecule has 0 radical (unpaired) electrons. The van der Waals surface area contributed by atoms with Gasteiger partial charge in [0.2, 0.25) is 5.89 Å². The summed E-state index contributed by atoms with van der Waals surface area (Å²) in [5, 5.41) is 11.1. The van der Waals surface area contributed by atoms with Crippen LogP contribution in [-0.2, 0) is 17.1 Å². The van der Waals surface area contributed by atoms with Crippen molar-refractivity contribution in [3.8, 4) is 11.5 Å². The second kappa shape index (κ2) is 9.89. The van der Waals surface area contributed by atoms with E-state index in [1.165, 1.54) is 36.0 Å². The van der Waals surface area contributed by atoms with E-state index in [0.29, 0.717) is 22.4 Å². The molecule has 0 bridgehead atoms. The Kier molecular flexibility index (Phi) is 6.35. The van der Waals surface area contributed by atoms with E-state index in [0.717, 1.165) is 27.5 Å². The Hall–Kier alpha value is -3.97. The van der Waals surface area contributed by atoms with Crippen molar-refractivity contribution in [3.63, 3.8) is 0 Å². The minimum Gasteiger partial charge on any atom is -0.457 e. The number of rotatable bonds is 7. The van der Waals surface area contributed by atoms with Crippen LogP contribution in [0.15, 0.2) is 101 Å². The number of carbonyl (C=O) groups excluding carboxylic acids is 1. The van der Waals surface area contributed by atoms with Crippen LogP contribution in [0.25, 0.3) is 22.2 Å². The second-order valence-corrected chi connectivity index (χ2v) is 8.51. The molecule has 0 amide bonds. The highest BCUT2D eigenvalue weighted by Crippen LogP contribution is 2.30. The number of benzene rings is 4. The number of nitrogens with zero attached hydrogens (tertiary/aromatic N) is 2. The molecule has 0 aliphatic carbocycles. The number of halogens is 1. The van der Waals surface area contributed by atoms with E-state index in [2.05, 4.69) is 22.3 Å². The van der Waals surface area contributed by atoms with Crippen LogP contribution in [0.5, 0.6) is 0 Å². The molecule has 0 saturated heterocycles. The first kappa shape index (κ1) is 21.9. The Morgan fingerprint density at radius 3 is 2.41 bits per heavy atom. The first-order valence-electron chi connectivity index (χ1n) is 10.6. The average Bonchev–Trinajstić information content (AvgIpc) is 3.35. The number of fused-ring (bicyclic) bond motifs is 1. The summed E-state index contributed by atoms with van der Waals surface area (Å²) in [6.07, 6.45) is 0. The van der Waals surface area contributed by atoms with Crippen LogP contribution in [0.1, 0.15) is 21.5 Å². The molecule has 5 rings (SSSR count). The number of carbonyl (C=O) groups is 1. The molecule has 4 aromatic carbocycles. The maximum absolute atomic E-state index is 13.0. The fourth-order valence-corrected chi connectivity index (χ4v) is 4.20. The first-order valence-corrected chi connectivity index (χ1v) is 11.6. The van der Waals surface area contributed by atoms with Crippen molar-refractivity contribution in [3.05, 3.63) is 114 Å². The number of aromatic nitrogens is 2. The van der Waals surface area contributed by atoms with Gasteiger partial charge < -0.3 is 9.15 Å². The number of ether oxygens (including phenoxy) is 1. The van der Waals surface area contributed by atoms with Crippen LogP contribution in [0, 0.1) is 5.82 Å². The third kappa shape index (κ3) is 5.00. The lowest BCUT2D eigenvalue weighted by atomic mass is 10.0. The average molecular weight is 471 g/mol. The minimum atomic E-state index is -0.488. The Labute approximate surface area is 199 Å². The maximum atomic E-state index is 13.0. The molecular weight excluding hydrogens is 451 g/mol. The van der Waals surface area contributed by atoms with Gasteiger partial charge in [-0.1, -0.05) is 72.4 Å². The molecule has 34 heavy (non-hydrogen) atoms. The molecule has 5 aromatic rings. The Morgan fingerprint density at radius 1 is 0.853 bits per heavy atom. The summed E-state index contributed by atoms with van der Waals surface area (Å²) in [6.45, 7) is 0.141. The van der Waals surface area contributed by atoms with Gasteiger partial charge in [-0.25, -0.2) is 9.18 Å². The Morgan fingerprint density at radius 2 is 1.59 bits per heavy atom. The van der Waals surface area contributed by atoms with Crippen molar-refractivity contribution in [2.45, 2.75) is 17.6 Å². The van der Waals surface area contributed by atoms with Gasteiger partial charge in [-0.3, -0.25) is 0 Å². The van der Waals surface area contributed by atoms with Gasteiger partial charge in [0.15, 0.2) is 0 Å². The summed E-state index contributed by atoms with van der Waals surface area (Å²) in [5.74, 6) is 0.276. The summed E-state index contributed by atoms with van der Waals surface area (Å²) in [5.41, 5.74) is 3.16. The fraction of sp³-hybridized carbons (Fsp3) is 0.0741. The molecule has 0 unspecified atom stereocenters. The zero-order chi connectivity index (χ0) is 23.3. The quantitative estimate of drug-likeness (QED) is 0.195. The Bertz CT molecular complexity index is 1430. The third-order valence-corrected chi connectivity index (χ3v) is 6.15. The molecule has 0 atom stereocenters. The van der Waals surface area contributed by atoms with E-state index in [1.54, 1.807) is 0 Å². The van der Waals surface area contributed by atoms with Gasteiger partial charge in [-0.2, -0.15) is 0 Å². The van der Waals surface area contributed by atoms with E-state index in [-0.39, 0.29) is 6.61 Å². The van der Waals surface area contributed by atoms with Crippen LogP contribution in [0.3, 0.4) is 0 Å². The van der Waals surface area contributed by atoms with Crippen LogP contribution in [0.2, 0.25) is 0 Å². The van der Waals surface area contributed by atoms with Gasteiger partial charge in [-0.15, -0.1) is 10.2 Å². The van der Waals surface area contributed by atoms with Crippen molar-refractivity contribution in [1.29, 1.82) is 0 Å². The number of hydrogen-bond acceptors (Lipinski definition) is 6. The first-order chi connectivity index (χ1) is 16.7. The Balaban J connectivity index is 1.17. The topological polar surface area (TPSA) is 65.2 Å². The highest BCUT2D eigenvalue weighted by molar-refractivity contribution is 7.98. The fourth-order valence-electron chi connectivity index (χ4n) is 3.48. The van der Waals surface area contributed by atoms with Crippen LogP contribution in [-0.4, -0.2) is 16.2 Å².